The maximum atomic E-state index is 11.8. The van der Waals surface area contributed by atoms with E-state index in [1.165, 1.54) is 7.11 Å². The molecule has 1 atom stereocenters. The van der Waals surface area contributed by atoms with Gasteiger partial charge in [-0.2, -0.15) is 0 Å². The van der Waals surface area contributed by atoms with Gasteiger partial charge >= 0.3 is 6.09 Å². The zero-order valence-electron chi connectivity index (χ0n) is 13.1. The fraction of sp³-hybridized carbons (Fsp3) is 0.533. The molecule has 22 heavy (non-hydrogen) atoms. The minimum atomic E-state index is -0.602. The van der Waals surface area contributed by atoms with Gasteiger partial charge in [-0.25, -0.2) is 4.79 Å². The maximum absolute atomic E-state index is 11.8. The molecule has 1 unspecified atom stereocenters. The summed E-state index contributed by atoms with van der Waals surface area (Å²) in [5.41, 5.74) is 0.544. The van der Waals surface area contributed by atoms with Crippen LogP contribution in [0, 0.1) is 0 Å². The number of hydrogen-bond acceptors (Lipinski definition) is 5. The van der Waals surface area contributed by atoms with Crippen molar-refractivity contribution < 1.29 is 23.7 Å². The molecular weight excluding hydrogens is 310 g/mol. The van der Waals surface area contributed by atoms with Crippen LogP contribution in [0.1, 0.15) is 13.8 Å². The lowest BCUT2D eigenvalue weighted by atomic mass is 10.2. The molecule has 0 aliphatic heterocycles. The van der Waals surface area contributed by atoms with Crippen LogP contribution in [0.5, 0.6) is 11.5 Å². The van der Waals surface area contributed by atoms with E-state index in [2.05, 4.69) is 5.32 Å². The molecule has 0 aliphatic rings. The van der Waals surface area contributed by atoms with Crippen molar-refractivity contribution in [1.29, 1.82) is 0 Å². The van der Waals surface area contributed by atoms with Crippen molar-refractivity contribution in [3.63, 3.8) is 0 Å². The van der Waals surface area contributed by atoms with Crippen LogP contribution in [-0.4, -0.2) is 45.0 Å². The lowest BCUT2D eigenvalue weighted by Crippen LogP contribution is -2.27. The first kappa shape index (κ1) is 18.4. The fourth-order valence-electron chi connectivity index (χ4n) is 1.72. The average Bonchev–Trinajstić information content (AvgIpc) is 2.49. The monoisotopic (exact) mass is 331 g/mol. The van der Waals surface area contributed by atoms with Gasteiger partial charge in [0.15, 0.2) is 11.5 Å². The molecule has 1 aromatic carbocycles. The van der Waals surface area contributed by atoms with Crippen LogP contribution < -0.4 is 14.8 Å². The van der Waals surface area contributed by atoms with Crippen LogP contribution >= 0.6 is 11.6 Å². The summed E-state index contributed by atoms with van der Waals surface area (Å²) in [4.78, 5) is 11.8. The third kappa shape index (κ3) is 5.99. The molecule has 0 heterocycles. The number of amides is 1. The Kier molecular flexibility index (Phi) is 8.47. The van der Waals surface area contributed by atoms with E-state index in [1.807, 2.05) is 13.8 Å². The summed E-state index contributed by atoms with van der Waals surface area (Å²) in [6.07, 6.45) is -1.10. The van der Waals surface area contributed by atoms with Gasteiger partial charge in [0.2, 0.25) is 0 Å². The molecular formula is C15H22ClNO5. The number of rotatable bonds is 9. The number of ether oxygens (including phenoxy) is 4. The highest BCUT2D eigenvalue weighted by molar-refractivity contribution is 6.18. The highest BCUT2D eigenvalue weighted by atomic mass is 35.5. The van der Waals surface area contributed by atoms with Crippen molar-refractivity contribution in [2.75, 3.05) is 38.1 Å². The van der Waals surface area contributed by atoms with Gasteiger partial charge in [0, 0.05) is 18.9 Å². The molecule has 1 rings (SSSR count). The van der Waals surface area contributed by atoms with E-state index in [-0.39, 0.29) is 12.5 Å². The second-order valence-corrected chi connectivity index (χ2v) is 4.60. The Hall–Kier alpha value is -1.66. The van der Waals surface area contributed by atoms with Gasteiger partial charge in [-0.05, 0) is 26.0 Å². The number of anilines is 1. The number of nitrogens with one attached hydrogen (secondary N) is 1. The predicted octanol–water partition coefficient (Wildman–Crippen LogP) is 3.29. The van der Waals surface area contributed by atoms with Gasteiger partial charge < -0.3 is 18.9 Å². The Labute approximate surface area is 135 Å². The minimum Gasteiger partial charge on any atom is -0.490 e. The molecule has 0 radical (unpaired) electrons. The molecule has 0 aliphatic carbocycles. The number of carbonyl (C=O) groups excluding carboxylic acids is 1. The minimum absolute atomic E-state index is 0.161. The lowest BCUT2D eigenvalue weighted by molar-refractivity contribution is 0.0581. The normalized spacial score (nSPS) is 11.6. The number of hydrogen-bond donors (Lipinski definition) is 1. The van der Waals surface area contributed by atoms with Gasteiger partial charge in [-0.3, -0.25) is 5.32 Å². The molecule has 1 amide bonds. The van der Waals surface area contributed by atoms with E-state index in [1.54, 1.807) is 18.2 Å². The molecule has 6 nitrogen and oxygen atoms in total. The summed E-state index contributed by atoms with van der Waals surface area (Å²) in [5, 5.41) is 2.62. The number of methoxy groups -OCH3 is 1. The van der Waals surface area contributed by atoms with Crippen molar-refractivity contribution in [1.82, 2.24) is 0 Å². The lowest BCUT2D eigenvalue weighted by Gasteiger charge is -2.16. The maximum Gasteiger partial charge on any atom is 0.412 e. The number of alkyl halides is 1. The largest absolute Gasteiger partial charge is 0.490 e. The summed E-state index contributed by atoms with van der Waals surface area (Å²) < 4.78 is 21.0. The zero-order valence-corrected chi connectivity index (χ0v) is 13.8. The van der Waals surface area contributed by atoms with Crippen molar-refractivity contribution in [3.8, 4) is 11.5 Å². The average molecular weight is 332 g/mol. The van der Waals surface area contributed by atoms with Gasteiger partial charge in [-0.1, -0.05) is 0 Å². The third-order valence-electron chi connectivity index (χ3n) is 2.59. The summed E-state index contributed by atoms with van der Waals surface area (Å²) in [5.74, 6) is 1.35. The first-order chi connectivity index (χ1) is 10.6. The fourth-order valence-corrected chi connectivity index (χ4v) is 1.88. The standard InChI is InChI=1S/C15H22ClNO5/c1-4-20-13-7-6-11(8-14(13)21-5-2)17-15(18)22-12(9-16)10-19-3/h6-8,12H,4-5,9-10H2,1-3H3,(H,17,18). The molecule has 7 heteroatoms. The highest BCUT2D eigenvalue weighted by Gasteiger charge is 2.14. The molecule has 1 aromatic rings. The Morgan fingerprint density at radius 1 is 1.23 bits per heavy atom. The molecule has 1 N–H and O–H groups in total. The van der Waals surface area contributed by atoms with Crippen molar-refractivity contribution in [3.05, 3.63) is 18.2 Å². The Morgan fingerprint density at radius 3 is 2.50 bits per heavy atom. The summed E-state index contributed by atoms with van der Waals surface area (Å²) in [7, 11) is 1.52. The van der Waals surface area contributed by atoms with E-state index >= 15 is 0 Å². The number of carbonyl (C=O) groups is 1. The molecule has 0 fully saturated rings. The topological polar surface area (TPSA) is 66.0 Å². The van der Waals surface area contributed by atoms with Crippen molar-refractivity contribution in [2.24, 2.45) is 0 Å². The molecule has 0 aromatic heterocycles. The molecule has 0 saturated carbocycles. The van der Waals surface area contributed by atoms with Crippen LogP contribution in [-0.2, 0) is 9.47 Å². The zero-order chi connectivity index (χ0) is 16.4. The second kappa shape index (κ2) is 10.1. The predicted molar refractivity (Wildman–Crippen MR) is 85.3 cm³/mol. The van der Waals surface area contributed by atoms with E-state index < -0.39 is 12.2 Å². The first-order valence-electron chi connectivity index (χ1n) is 7.06. The van der Waals surface area contributed by atoms with Crippen LogP contribution in [0.15, 0.2) is 18.2 Å². The smallest absolute Gasteiger partial charge is 0.412 e. The Balaban J connectivity index is 2.71. The van der Waals surface area contributed by atoms with E-state index in [9.17, 15) is 4.79 Å². The van der Waals surface area contributed by atoms with Crippen molar-refractivity contribution in [2.45, 2.75) is 20.0 Å². The van der Waals surface area contributed by atoms with Crippen molar-refractivity contribution >= 4 is 23.4 Å². The summed E-state index contributed by atoms with van der Waals surface area (Å²) in [6.45, 7) is 5.03. The van der Waals surface area contributed by atoms with Gasteiger partial charge in [0.05, 0.1) is 25.7 Å². The van der Waals surface area contributed by atoms with E-state index in [4.69, 9.17) is 30.5 Å². The Bertz CT molecular complexity index is 469. The second-order valence-electron chi connectivity index (χ2n) is 4.29. The summed E-state index contributed by atoms with van der Waals surface area (Å²) in [6, 6.07) is 5.13. The van der Waals surface area contributed by atoms with E-state index in [0.717, 1.165) is 0 Å². The number of benzene rings is 1. The molecule has 124 valence electrons. The first-order valence-corrected chi connectivity index (χ1v) is 7.60. The Morgan fingerprint density at radius 2 is 1.91 bits per heavy atom. The van der Waals surface area contributed by atoms with Crippen LogP contribution in [0.4, 0.5) is 10.5 Å². The van der Waals surface area contributed by atoms with Crippen LogP contribution in [0.3, 0.4) is 0 Å². The molecule has 0 spiro atoms. The number of halogens is 1. The van der Waals surface area contributed by atoms with Gasteiger partial charge in [-0.15, -0.1) is 11.6 Å². The molecule has 0 saturated heterocycles. The van der Waals surface area contributed by atoms with Crippen LogP contribution in [0.2, 0.25) is 0 Å². The van der Waals surface area contributed by atoms with Gasteiger partial charge in [0.1, 0.15) is 6.10 Å². The highest BCUT2D eigenvalue weighted by Crippen LogP contribution is 2.30. The molecule has 0 bridgehead atoms. The quantitative estimate of drug-likeness (QED) is 0.703. The van der Waals surface area contributed by atoms with Gasteiger partial charge in [0.25, 0.3) is 0 Å². The van der Waals surface area contributed by atoms with Crippen LogP contribution in [0.25, 0.3) is 0 Å². The SMILES string of the molecule is CCOc1ccc(NC(=O)OC(CCl)COC)cc1OCC. The summed E-state index contributed by atoms with van der Waals surface area (Å²) >= 11 is 5.69. The third-order valence-corrected chi connectivity index (χ3v) is 2.93. The van der Waals surface area contributed by atoms with E-state index in [0.29, 0.717) is 30.4 Å².